The first kappa shape index (κ1) is 6.52. The summed E-state index contributed by atoms with van der Waals surface area (Å²) in [5, 5.41) is 3.67. The van der Waals surface area contributed by atoms with E-state index in [0.29, 0.717) is 17.5 Å². The molecule has 0 unspecified atom stereocenters. The van der Waals surface area contributed by atoms with Gasteiger partial charge in [0.25, 0.3) is 5.88 Å². The average Bonchev–Trinajstić information content (AvgIpc) is 2.77. The minimum Gasteiger partial charge on any atom is -0.477 e. The van der Waals surface area contributed by atoms with Gasteiger partial charge in [0.2, 0.25) is 0 Å². The molecule has 1 heterocycles. The Bertz CT molecular complexity index is 265. The van der Waals surface area contributed by atoms with Crippen molar-refractivity contribution in [2.45, 2.75) is 18.8 Å². The lowest BCUT2D eigenvalue weighted by molar-refractivity contribution is 0.327. The monoisotopic (exact) mass is 154 g/mol. The van der Waals surface area contributed by atoms with Gasteiger partial charge in [0.15, 0.2) is 5.76 Å². The van der Waals surface area contributed by atoms with Crippen LogP contribution in [-0.4, -0.2) is 12.3 Å². The standard InChI is InChI=1S/C7H10N2O2/c1-10-7-5(8)6(11-9-7)4-2-3-4/h4H,2-3,8H2,1H3. The van der Waals surface area contributed by atoms with Gasteiger partial charge < -0.3 is 15.0 Å². The molecule has 0 spiro atoms. The molecule has 0 aliphatic heterocycles. The lowest BCUT2D eigenvalue weighted by Crippen LogP contribution is -1.91. The van der Waals surface area contributed by atoms with Crippen LogP contribution in [0.2, 0.25) is 0 Å². The molecule has 2 N–H and O–H groups in total. The molecule has 1 aliphatic carbocycles. The summed E-state index contributed by atoms with van der Waals surface area (Å²) in [5.74, 6) is 1.69. The maximum absolute atomic E-state index is 5.67. The lowest BCUT2D eigenvalue weighted by atomic mass is 10.3. The summed E-state index contributed by atoms with van der Waals surface area (Å²) in [6.45, 7) is 0. The predicted molar refractivity (Wildman–Crippen MR) is 39.4 cm³/mol. The molecule has 1 aliphatic rings. The molecule has 60 valence electrons. The first-order valence-corrected chi connectivity index (χ1v) is 3.62. The molecule has 0 amide bonds. The number of nitrogen functional groups attached to an aromatic ring is 1. The molecular formula is C7H10N2O2. The molecule has 2 rings (SSSR count). The number of nitrogens with zero attached hydrogens (tertiary/aromatic N) is 1. The number of rotatable bonds is 2. The molecule has 1 aromatic heterocycles. The molecule has 11 heavy (non-hydrogen) atoms. The summed E-state index contributed by atoms with van der Waals surface area (Å²) in [4.78, 5) is 0. The van der Waals surface area contributed by atoms with E-state index in [9.17, 15) is 0 Å². The largest absolute Gasteiger partial charge is 0.477 e. The minimum absolute atomic E-state index is 0.409. The van der Waals surface area contributed by atoms with Gasteiger partial charge in [0, 0.05) is 5.92 Å². The van der Waals surface area contributed by atoms with Gasteiger partial charge in [-0.3, -0.25) is 0 Å². The Hall–Kier alpha value is -1.19. The van der Waals surface area contributed by atoms with Crippen LogP contribution in [0.15, 0.2) is 4.52 Å². The molecule has 0 saturated heterocycles. The fourth-order valence-electron chi connectivity index (χ4n) is 1.08. The van der Waals surface area contributed by atoms with Gasteiger partial charge in [-0.1, -0.05) is 0 Å². The van der Waals surface area contributed by atoms with Crippen molar-refractivity contribution in [3.8, 4) is 5.88 Å². The van der Waals surface area contributed by atoms with Crippen molar-refractivity contribution in [3.63, 3.8) is 0 Å². The van der Waals surface area contributed by atoms with E-state index in [2.05, 4.69) is 5.16 Å². The lowest BCUT2D eigenvalue weighted by Gasteiger charge is -1.92. The first-order chi connectivity index (χ1) is 5.33. The normalized spacial score (nSPS) is 16.8. The van der Waals surface area contributed by atoms with Crippen LogP contribution in [0.3, 0.4) is 0 Å². The molecule has 4 nitrogen and oxygen atoms in total. The highest BCUT2D eigenvalue weighted by atomic mass is 16.5. The summed E-state index contributed by atoms with van der Waals surface area (Å²) in [6.07, 6.45) is 2.31. The van der Waals surface area contributed by atoms with Crippen LogP contribution >= 0.6 is 0 Å². The van der Waals surface area contributed by atoms with Gasteiger partial charge in [-0.2, -0.15) is 0 Å². The third-order valence-electron chi connectivity index (χ3n) is 1.86. The van der Waals surface area contributed by atoms with Crippen molar-refractivity contribution in [1.29, 1.82) is 0 Å². The number of ether oxygens (including phenoxy) is 1. The van der Waals surface area contributed by atoms with Gasteiger partial charge in [-0.25, -0.2) is 0 Å². The number of methoxy groups -OCH3 is 1. The number of hydrogen-bond donors (Lipinski definition) is 1. The van der Waals surface area contributed by atoms with Crippen LogP contribution in [0.25, 0.3) is 0 Å². The Balaban J connectivity index is 2.33. The van der Waals surface area contributed by atoms with Gasteiger partial charge in [-0.15, -0.1) is 0 Å². The Morgan fingerprint density at radius 3 is 2.82 bits per heavy atom. The highest BCUT2D eigenvalue weighted by molar-refractivity contribution is 5.52. The number of aromatic nitrogens is 1. The van der Waals surface area contributed by atoms with Crippen molar-refractivity contribution < 1.29 is 9.26 Å². The zero-order valence-electron chi connectivity index (χ0n) is 6.33. The first-order valence-electron chi connectivity index (χ1n) is 3.62. The van der Waals surface area contributed by atoms with Gasteiger partial charge in [0.05, 0.1) is 7.11 Å². The second kappa shape index (κ2) is 2.15. The molecule has 4 heteroatoms. The van der Waals surface area contributed by atoms with Crippen LogP contribution in [0.5, 0.6) is 5.88 Å². The molecule has 1 saturated carbocycles. The van der Waals surface area contributed by atoms with Crippen molar-refractivity contribution in [2.24, 2.45) is 0 Å². The molecule has 0 aromatic carbocycles. The third-order valence-corrected chi connectivity index (χ3v) is 1.86. The SMILES string of the molecule is COc1noc(C2CC2)c1N. The number of hydrogen-bond acceptors (Lipinski definition) is 4. The second-order valence-corrected chi connectivity index (χ2v) is 2.74. The van der Waals surface area contributed by atoms with E-state index in [1.54, 1.807) is 0 Å². The van der Waals surface area contributed by atoms with Gasteiger partial charge >= 0.3 is 0 Å². The van der Waals surface area contributed by atoms with Crippen molar-refractivity contribution in [1.82, 2.24) is 5.16 Å². The zero-order valence-corrected chi connectivity index (χ0v) is 6.33. The third kappa shape index (κ3) is 0.943. The smallest absolute Gasteiger partial charge is 0.277 e. The van der Waals surface area contributed by atoms with E-state index in [4.69, 9.17) is 15.0 Å². The van der Waals surface area contributed by atoms with Crippen LogP contribution in [0.4, 0.5) is 5.69 Å². The molecule has 0 bridgehead atoms. The predicted octanol–water partition coefficient (Wildman–Crippen LogP) is 1.14. The quantitative estimate of drug-likeness (QED) is 0.693. The maximum Gasteiger partial charge on any atom is 0.277 e. The molecule has 1 fully saturated rings. The fraction of sp³-hybridized carbons (Fsp3) is 0.571. The van der Waals surface area contributed by atoms with E-state index in [-0.39, 0.29) is 0 Å². The van der Waals surface area contributed by atoms with Crippen LogP contribution in [0.1, 0.15) is 24.5 Å². The zero-order chi connectivity index (χ0) is 7.84. The Labute approximate surface area is 64.3 Å². The van der Waals surface area contributed by atoms with Crippen LogP contribution in [-0.2, 0) is 0 Å². The summed E-state index contributed by atoms with van der Waals surface area (Å²) >= 11 is 0. The maximum atomic E-state index is 5.67. The van der Waals surface area contributed by atoms with Crippen molar-refractivity contribution in [2.75, 3.05) is 12.8 Å². The van der Waals surface area contributed by atoms with Crippen LogP contribution < -0.4 is 10.5 Å². The molecule has 1 aromatic rings. The van der Waals surface area contributed by atoms with Gasteiger partial charge in [-0.05, 0) is 18.0 Å². The minimum atomic E-state index is 0.409. The van der Waals surface area contributed by atoms with E-state index in [1.807, 2.05) is 0 Å². The highest BCUT2D eigenvalue weighted by Gasteiger charge is 2.31. The Kier molecular flexibility index (Phi) is 1.27. The van der Waals surface area contributed by atoms with Crippen molar-refractivity contribution in [3.05, 3.63) is 5.76 Å². The molecular weight excluding hydrogens is 144 g/mol. The van der Waals surface area contributed by atoms with E-state index in [1.165, 1.54) is 7.11 Å². The van der Waals surface area contributed by atoms with E-state index < -0.39 is 0 Å². The second-order valence-electron chi connectivity index (χ2n) is 2.74. The van der Waals surface area contributed by atoms with E-state index >= 15 is 0 Å². The topological polar surface area (TPSA) is 61.3 Å². The van der Waals surface area contributed by atoms with Gasteiger partial charge in [0.1, 0.15) is 5.69 Å². The Morgan fingerprint density at radius 2 is 2.36 bits per heavy atom. The Morgan fingerprint density at radius 1 is 1.64 bits per heavy atom. The summed E-state index contributed by atoms with van der Waals surface area (Å²) in [5.41, 5.74) is 6.24. The molecule has 0 radical (unpaired) electrons. The number of anilines is 1. The van der Waals surface area contributed by atoms with E-state index in [0.717, 1.165) is 18.6 Å². The van der Waals surface area contributed by atoms with Crippen LogP contribution in [0, 0.1) is 0 Å². The van der Waals surface area contributed by atoms with Crippen molar-refractivity contribution >= 4 is 5.69 Å². The molecule has 0 atom stereocenters. The fourth-order valence-corrected chi connectivity index (χ4v) is 1.08. The summed E-state index contributed by atoms with van der Waals surface area (Å²) in [6, 6.07) is 0. The summed E-state index contributed by atoms with van der Waals surface area (Å²) in [7, 11) is 1.53. The highest BCUT2D eigenvalue weighted by Crippen LogP contribution is 2.44. The number of nitrogens with two attached hydrogens (primary N) is 1. The summed E-state index contributed by atoms with van der Waals surface area (Å²) < 4.78 is 9.88. The average molecular weight is 154 g/mol.